The van der Waals surface area contributed by atoms with Gasteiger partial charge in [0.2, 0.25) is 47.3 Å². The number of aromatic hydroxyl groups is 1. The predicted molar refractivity (Wildman–Crippen MR) is 376 cm³/mol. The molecule has 1 saturated heterocycles. The van der Waals surface area contributed by atoms with Crippen molar-refractivity contribution < 1.29 is 116 Å². The second-order valence-electron chi connectivity index (χ2n) is 25.8. The van der Waals surface area contributed by atoms with Crippen molar-refractivity contribution in [1.29, 1.82) is 0 Å². The molecule has 2 aromatic rings. The van der Waals surface area contributed by atoms with E-state index in [9.17, 15) is 73.2 Å². The average Bonchev–Trinajstić information content (AvgIpc) is 1.61. The Balaban J connectivity index is 1.19. The number of thioether (sulfide) groups is 1. The van der Waals surface area contributed by atoms with E-state index < -0.39 is 200 Å². The summed E-state index contributed by atoms with van der Waals surface area (Å²) in [7, 11) is -0.644. The lowest BCUT2D eigenvalue weighted by Crippen LogP contribution is -2.60. The number of nitrogens with zero attached hydrogens (tertiary/aromatic N) is 2. The van der Waals surface area contributed by atoms with Crippen LogP contribution in [0.1, 0.15) is 77.3 Å². The monoisotopic (exact) mass is 1510 g/mol. The number of primary amides is 1. The summed E-state index contributed by atoms with van der Waals surface area (Å²) in [4.78, 5) is 156. The van der Waals surface area contributed by atoms with Gasteiger partial charge in [-0.15, -0.1) is 0 Å². The molecule has 37 heteroatoms. The number of hydrogen-bond acceptors (Lipinski definition) is 26. The van der Waals surface area contributed by atoms with Crippen molar-refractivity contribution in [3.8, 4) is 5.75 Å². The van der Waals surface area contributed by atoms with Crippen molar-refractivity contribution in [1.82, 2.24) is 46.7 Å². The van der Waals surface area contributed by atoms with E-state index in [0.29, 0.717) is 103 Å². The molecule has 584 valence electrons. The van der Waals surface area contributed by atoms with Gasteiger partial charge in [0.25, 0.3) is 0 Å². The molecule has 0 spiro atoms. The number of carbonyl (C=O) groups is 11. The molecule has 0 aliphatic carbocycles. The average molecular weight is 1510 g/mol. The third-order valence-corrected chi connectivity index (χ3v) is 20.0. The molecule has 0 saturated carbocycles. The molecule has 2 unspecified atom stereocenters. The van der Waals surface area contributed by atoms with Gasteiger partial charge >= 0.3 is 5.97 Å². The lowest BCUT2D eigenvalue weighted by Gasteiger charge is -2.32. The number of carboxylic acid groups (broad SMARTS) is 1. The van der Waals surface area contributed by atoms with Crippen molar-refractivity contribution in [2.45, 2.75) is 120 Å². The lowest BCUT2D eigenvalue weighted by molar-refractivity contribution is -0.144. The number of ketones is 2. The molecule has 3 aliphatic heterocycles. The van der Waals surface area contributed by atoms with Crippen LogP contribution >= 0.6 is 11.8 Å². The minimum atomic E-state index is -2.45. The van der Waals surface area contributed by atoms with Crippen LogP contribution in [0.3, 0.4) is 0 Å². The van der Waals surface area contributed by atoms with Crippen molar-refractivity contribution in [2.75, 3.05) is 150 Å². The molecule has 1 aromatic heterocycles. The summed E-state index contributed by atoms with van der Waals surface area (Å²) < 4.78 is 54.5. The van der Waals surface area contributed by atoms with E-state index >= 15 is 4.21 Å². The normalized spacial score (nSPS) is 22.7. The number of phenolic OH excluding ortho intramolecular Hbond substituents is 1. The number of amides is 8. The molecule has 1 fully saturated rings. The Morgan fingerprint density at radius 3 is 1.97 bits per heavy atom. The fourth-order valence-electron chi connectivity index (χ4n) is 11.6. The van der Waals surface area contributed by atoms with Gasteiger partial charge in [0.15, 0.2) is 11.6 Å². The lowest BCUT2D eigenvalue weighted by atomic mass is 9.85. The number of hydrogen-bond donors (Lipinski definition) is 14. The van der Waals surface area contributed by atoms with Crippen LogP contribution in [-0.4, -0.2) is 296 Å². The number of aromatic amines is 1. The highest BCUT2D eigenvalue weighted by atomic mass is 32.2. The van der Waals surface area contributed by atoms with E-state index in [1.54, 1.807) is 20.0 Å². The number of aliphatic hydroxyl groups excluding tert-OH is 3. The number of ether oxygens (including phenoxy) is 7. The van der Waals surface area contributed by atoms with Gasteiger partial charge in [-0.3, -0.25) is 56.9 Å². The number of likely N-dealkylation sites (N-methyl/N-ethyl adjacent to an activating group) is 1. The first kappa shape index (κ1) is 87.2. The summed E-state index contributed by atoms with van der Waals surface area (Å²) in [5.41, 5.74) is 12.6. The Labute approximate surface area is 610 Å². The van der Waals surface area contributed by atoms with Crippen LogP contribution in [-0.2, 0) is 109 Å². The van der Waals surface area contributed by atoms with Crippen LogP contribution in [0.15, 0.2) is 29.1 Å². The number of carboxylic acids is 1. The molecule has 8 amide bonds. The zero-order valence-electron chi connectivity index (χ0n) is 59.7. The maximum absolute atomic E-state index is 15.3. The van der Waals surface area contributed by atoms with Crippen LogP contribution in [0.25, 0.3) is 10.9 Å². The minimum Gasteiger partial charge on any atom is -0.508 e. The van der Waals surface area contributed by atoms with Crippen molar-refractivity contribution in [2.24, 2.45) is 41.1 Å². The van der Waals surface area contributed by atoms with Gasteiger partial charge in [0.05, 0.1) is 172 Å². The molecule has 35 nitrogen and oxygen atoms in total. The van der Waals surface area contributed by atoms with Crippen molar-refractivity contribution >= 4 is 98.3 Å². The molecular weight excluding hydrogens is 1410 g/mol. The third-order valence-electron chi connectivity index (χ3n) is 17.7. The van der Waals surface area contributed by atoms with Crippen LogP contribution < -0.4 is 43.4 Å². The molecule has 16 N–H and O–H groups in total. The SMILES string of the molecule is CC[C@H](C)[C@@H]1CC(=O)CNC(=O)[C@H]2CC(=O)[C@H]([C@@H](C)[C@@H](O)CO)NC(=O)[C@@H]3C[C@@H](O)CN3C(=O)[C@H](CC(N)=O)NC(=O)[C@@H](CS(=O)c3[nH]c4c(CSCCOCCOCCOCCOCCOCCOCCOCCN(C)/C=C(\N)CNC(=O)C(C)CC(=O)O)c(O)ccc4c3C2)NC(=O)CNC1=O. The second-order valence-corrected chi connectivity index (χ2v) is 28.3. The fourth-order valence-corrected chi connectivity index (χ4v) is 13.8. The number of fused-ring (bicyclic) bond motifs is 5. The van der Waals surface area contributed by atoms with E-state index in [1.807, 2.05) is 11.9 Å². The van der Waals surface area contributed by atoms with E-state index in [2.05, 4.69) is 36.9 Å². The Hall–Kier alpha value is -7.43. The van der Waals surface area contributed by atoms with Crippen LogP contribution in [0.5, 0.6) is 5.75 Å². The molecular formula is C67H105N11O24S2. The molecule has 2 bridgehead atoms. The summed E-state index contributed by atoms with van der Waals surface area (Å²) in [6.45, 7) is 8.87. The van der Waals surface area contributed by atoms with Crippen LogP contribution in [0.4, 0.5) is 0 Å². The number of nitrogens with one attached hydrogen (secondary N) is 7. The Bertz CT molecular complexity index is 3250. The van der Waals surface area contributed by atoms with Crippen LogP contribution in [0, 0.1) is 29.6 Å². The maximum atomic E-state index is 15.3. The van der Waals surface area contributed by atoms with Gasteiger partial charge in [0, 0.05) is 97.4 Å². The molecule has 104 heavy (non-hydrogen) atoms. The molecule has 5 rings (SSSR count). The summed E-state index contributed by atoms with van der Waals surface area (Å²) in [5, 5.41) is 67.6. The number of carbonyl (C=O) groups excluding carboxylic acids is 10. The number of aliphatic hydroxyl groups is 3. The number of H-pyrrole nitrogens is 1. The Kier molecular flexibility index (Phi) is 38.4. The van der Waals surface area contributed by atoms with Gasteiger partial charge in [-0.05, 0) is 30.0 Å². The highest BCUT2D eigenvalue weighted by Gasteiger charge is 2.45. The molecule has 1 aromatic carbocycles. The summed E-state index contributed by atoms with van der Waals surface area (Å²) >= 11 is 1.35. The zero-order chi connectivity index (χ0) is 76.4. The number of nitrogens with two attached hydrogens (primary N) is 2. The highest BCUT2D eigenvalue weighted by Crippen LogP contribution is 2.37. The number of benzene rings is 1. The number of rotatable bonds is 39. The topological polar surface area (TPSA) is 517 Å². The molecule has 12 atom stereocenters. The number of aromatic nitrogens is 1. The standard InChI is InChI=1S/C67H105N11O24S2/c1-6-39(2)47-28-44(80)32-71-62(90)42-26-48-46-7-8-53(82)49(37-103-24-23-102-22-21-101-20-19-100-18-17-99-16-15-98-14-13-97-12-11-96-10-9-77(5)34-43(68)31-70-61(89)40(3)25-58(87)88)60(46)76-66(48)104(95)38-51(73-57(86)33-72-63(47)91)64(92)74-50(30-56(69)85)67(94)78-35-45(81)29-52(78)65(93)75-59(54(83)27-42)41(4)55(84)36-79/h7-8,34,39-42,45,47,50-52,55,59,76,79,81-82,84H,6,9-33,35-38,68H2,1-5H3,(H2,69,85)(H,70,89)(H,71,90)(H,72,91)(H,73,86)(H,74,92)(H,75,93)(H,87,88)/b43-34-/t39-,40?,41-,42+,45+,47-,50-,51+,52-,55-,59-,104?/m0/s1. The van der Waals surface area contributed by atoms with Gasteiger partial charge in [-0.25, -0.2) is 0 Å². The Morgan fingerprint density at radius 1 is 0.788 bits per heavy atom. The van der Waals surface area contributed by atoms with Crippen LogP contribution in [0.2, 0.25) is 0 Å². The largest absolute Gasteiger partial charge is 0.508 e. The quantitative estimate of drug-likeness (QED) is 0.0290. The third kappa shape index (κ3) is 29.1. The van der Waals surface area contributed by atoms with E-state index in [-0.39, 0.29) is 71.7 Å². The summed E-state index contributed by atoms with van der Waals surface area (Å²) in [6.07, 6.45) is -4.12. The van der Waals surface area contributed by atoms with Gasteiger partial charge in [-0.2, -0.15) is 11.8 Å². The van der Waals surface area contributed by atoms with Crippen molar-refractivity contribution in [3.63, 3.8) is 0 Å². The summed E-state index contributed by atoms with van der Waals surface area (Å²) in [5.74, 6) is -15.3. The van der Waals surface area contributed by atoms with E-state index in [4.69, 9.17) is 49.7 Å². The van der Waals surface area contributed by atoms with E-state index in [1.165, 1.54) is 37.7 Å². The van der Waals surface area contributed by atoms with Gasteiger partial charge < -0.3 is 117 Å². The maximum Gasteiger partial charge on any atom is 0.304 e. The first-order valence-electron chi connectivity index (χ1n) is 34.7. The first-order chi connectivity index (χ1) is 49.6. The number of phenols is 1. The van der Waals surface area contributed by atoms with E-state index in [0.717, 1.165) is 4.90 Å². The Morgan fingerprint density at radius 2 is 1.38 bits per heavy atom. The fraction of sp³-hybridized carbons (Fsp3) is 0.687. The second kappa shape index (κ2) is 45.8. The molecule has 4 heterocycles. The predicted octanol–water partition coefficient (Wildman–Crippen LogP) is -3.43. The zero-order valence-corrected chi connectivity index (χ0v) is 61.3. The molecule has 3 aliphatic rings. The molecule has 0 radical (unpaired) electrons. The number of aliphatic carboxylic acids is 1. The van der Waals surface area contributed by atoms with Gasteiger partial charge in [-0.1, -0.05) is 34.1 Å². The summed E-state index contributed by atoms with van der Waals surface area (Å²) in [6, 6.07) is -4.17. The van der Waals surface area contributed by atoms with Gasteiger partial charge in [0.1, 0.15) is 28.9 Å². The minimum absolute atomic E-state index is 0.0929. The highest BCUT2D eigenvalue weighted by molar-refractivity contribution is 7.98. The smallest absolute Gasteiger partial charge is 0.304 e. The van der Waals surface area contributed by atoms with Crippen molar-refractivity contribution in [3.05, 3.63) is 35.2 Å². The first-order valence-corrected chi connectivity index (χ1v) is 37.2. The number of Topliss-reactive ketones (excluding diaryl/α,β-unsaturated/α-hetero) is 2.